The van der Waals surface area contributed by atoms with Crippen molar-refractivity contribution in [2.75, 3.05) is 9.80 Å². The minimum absolute atomic E-state index is 0.0471. The Morgan fingerprint density at radius 1 is 0.550 bits per heavy atom. The first kappa shape index (κ1) is 24.8. The summed E-state index contributed by atoms with van der Waals surface area (Å²) in [4.78, 5) is 33.4. The molecule has 1 saturated carbocycles. The van der Waals surface area contributed by atoms with Gasteiger partial charge in [0.2, 0.25) is 11.8 Å². The fourth-order valence-corrected chi connectivity index (χ4v) is 7.36. The Kier molecular flexibility index (Phi) is 5.66. The molecule has 0 saturated heterocycles. The summed E-state index contributed by atoms with van der Waals surface area (Å²) < 4.78 is 0. The Morgan fingerprint density at radius 2 is 0.900 bits per heavy atom. The number of hydrogen-bond acceptors (Lipinski definition) is 4. The molecular formula is C34H30N2O4. The number of nitrogens with zero attached hydrogens (tertiary/aromatic N) is 2. The van der Waals surface area contributed by atoms with E-state index in [2.05, 4.69) is 0 Å². The van der Waals surface area contributed by atoms with Crippen LogP contribution in [0.15, 0.2) is 109 Å². The number of fused-ring (bicyclic) bond motifs is 5. The first-order valence-electron chi connectivity index (χ1n) is 13.7. The van der Waals surface area contributed by atoms with Gasteiger partial charge in [-0.05, 0) is 47.2 Å². The predicted octanol–water partition coefficient (Wildman–Crippen LogP) is 4.47. The topological polar surface area (TPSA) is 81.1 Å². The van der Waals surface area contributed by atoms with Crippen LogP contribution in [-0.2, 0) is 33.5 Å². The zero-order valence-electron chi connectivity index (χ0n) is 22.0. The molecule has 0 bridgehead atoms. The van der Waals surface area contributed by atoms with E-state index >= 15 is 0 Å². The van der Waals surface area contributed by atoms with Crippen LogP contribution in [-0.4, -0.2) is 34.2 Å². The van der Waals surface area contributed by atoms with Crippen molar-refractivity contribution in [3.63, 3.8) is 0 Å². The summed E-state index contributed by atoms with van der Waals surface area (Å²) in [6.45, 7) is 0.688. The molecule has 2 heterocycles. The largest absolute Gasteiger partial charge is 0.390 e. The van der Waals surface area contributed by atoms with E-state index in [1.54, 1.807) is 9.80 Å². The summed E-state index contributed by atoms with van der Waals surface area (Å²) >= 11 is 0. The van der Waals surface area contributed by atoms with E-state index in [-0.39, 0.29) is 24.7 Å². The molecule has 4 atom stereocenters. The van der Waals surface area contributed by atoms with Gasteiger partial charge in [-0.2, -0.15) is 0 Å². The second-order valence-corrected chi connectivity index (χ2v) is 11.1. The molecule has 2 aliphatic heterocycles. The smallest absolute Gasteiger partial charge is 0.239 e. The maximum absolute atomic E-state index is 14.9. The Morgan fingerprint density at radius 3 is 1.30 bits per heavy atom. The molecule has 1 fully saturated rings. The molecule has 200 valence electrons. The second-order valence-electron chi connectivity index (χ2n) is 11.1. The number of amides is 2. The molecule has 2 N–H and O–H groups in total. The number of rotatable bonds is 4. The van der Waals surface area contributed by atoms with Gasteiger partial charge < -0.3 is 20.0 Å². The minimum Gasteiger partial charge on any atom is -0.390 e. The molecule has 2 spiro atoms. The quantitative estimate of drug-likeness (QED) is 0.408. The second kappa shape index (κ2) is 9.15. The van der Waals surface area contributed by atoms with Crippen LogP contribution >= 0.6 is 0 Å². The molecule has 2 amide bonds. The number of para-hydroxylation sites is 2. The lowest BCUT2D eigenvalue weighted by Gasteiger charge is -2.50. The van der Waals surface area contributed by atoms with Gasteiger partial charge >= 0.3 is 0 Å². The molecule has 7 rings (SSSR count). The molecule has 6 nitrogen and oxygen atoms in total. The Bertz CT molecular complexity index is 1490. The Hall–Kier alpha value is -4.26. The third-order valence-electron chi connectivity index (χ3n) is 9.10. The fraction of sp³-hybridized carbons (Fsp3) is 0.235. The number of carbonyl (C=O) groups excluding carboxylic acids is 2. The van der Waals surface area contributed by atoms with Crippen molar-refractivity contribution in [3.8, 4) is 0 Å². The van der Waals surface area contributed by atoms with Gasteiger partial charge in [0.25, 0.3) is 0 Å². The summed E-state index contributed by atoms with van der Waals surface area (Å²) in [7, 11) is 0. The van der Waals surface area contributed by atoms with Gasteiger partial charge in [0.1, 0.15) is 0 Å². The van der Waals surface area contributed by atoms with Crippen molar-refractivity contribution in [2.24, 2.45) is 0 Å². The van der Waals surface area contributed by atoms with Crippen LogP contribution in [0.25, 0.3) is 0 Å². The lowest BCUT2D eigenvalue weighted by atomic mass is 9.50. The van der Waals surface area contributed by atoms with E-state index < -0.39 is 23.0 Å². The van der Waals surface area contributed by atoms with Crippen LogP contribution in [0.5, 0.6) is 0 Å². The fourth-order valence-electron chi connectivity index (χ4n) is 7.36. The van der Waals surface area contributed by atoms with Crippen LogP contribution in [0, 0.1) is 0 Å². The normalized spacial score (nSPS) is 26.9. The monoisotopic (exact) mass is 530 g/mol. The van der Waals surface area contributed by atoms with Gasteiger partial charge in [0.05, 0.1) is 36.1 Å². The maximum atomic E-state index is 14.9. The highest BCUT2D eigenvalue weighted by Gasteiger charge is 2.73. The van der Waals surface area contributed by atoms with Crippen LogP contribution < -0.4 is 9.80 Å². The Balaban J connectivity index is 1.45. The van der Waals surface area contributed by atoms with Crippen molar-refractivity contribution >= 4 is 23.2 Å². The highest BCUT2D eigenvalue weighted by atomic mass is 16.3. The molecule has 4 aromatic rings. The summed E-state index contributed by atoms with van der Waals surface area (Å²) in [5.74, 6) is -0.429. The first-order valence-corrected chi connectivity index (χ1v) is 13.7. The summed E-state index contributed by atoms with van der Waals surface area (Å²) in [5.41, 5.74) is 2.12. The number of carbonyl (C=O) groups is 2. The van der Waals surface area contributed by atoms with Gasteiger partial charge in [0.15, 0.2) is 0 Å². The molecule has 0 unspecified atom stereocenters. The molecular weight excluding hydrogens is 500 g/mol. The van der Waals surface area contributed by atoms with Crippen molar-refractivity contribution < 1.29 is 19.8 Å². The van der Waals surface area contributed by atoms with Gasteiger partial charge in [-0.3, -0.25) is 9.59 Å². The van der Waals surface area contributed by atoms with E-state index in [4.69, 9.17) is 0 Å². The highest BCUT2D eigenvalue weighted by Crippen LogP contribution is 2.64. The molecule has 0 radical (unpaired) electrons. The molecule has 4 aromatic carbocycles. The lowest BCUT2D eigenvalue weighted by molar-refractivity contribution is -0.146. The van der Waals surface area contributed by atoms with E-state index in [1.165, 1.54) is 0 Å². The third kappa shape index (κ3) is 3.30. The summed E-state index contributed by atoms with van der Waals surface area (Å²) in [6.07, 6.45) is -2.40. The molecule has 6 heteroatoms. The van der Waals surface area contributed by atoms with Crippen molar-refractivity contribution in [3.05, 3.63) is 131 Å². The lowest BCUT2D eigenvalue weighted by Crippen LogP contribution is -2.66. The molecule has 1 aliphatic carbocycles. The summed E-state index contributed by atoms with van der Waals surface area (Å²) in [6, 6.07) is 34.8. The van der Waals surface area contributed by atoms with Gasteiger partial charge in [0, 0.05) is 11.4 Å². The summed E-state index contributed by atoms with van der Waals surface area (Å²) in [5, 5.41) is 22.3. The number of anilines is 2. The van der Waals surface area contributed by atoms with E-state index in [9.17, 15) is 19.8 Å². The van der Waals surface area contributed by atoms with Crippen LogP contribution in [0.1, 0.15) is 35.1 Å². The average molecular weight is 531 g/mol. The van der Waals surface area contributed by atoms with Gasteiger partial charge in [-0.15, -0.1) is 0 Å². The number of benzene rings is 4. The van der Waals surface area contributed by atoms with Crippen molar-refractivity contribution in [2.45, 2.75) is 49.0 Å². The molecule has 40 heavy (non-hydrogen) atoms. The standard InChI is InChI=1S/C34H30N2O4/c37-29-19-33(25-15-7-9-17-27(25)35(31(33)39)21-23-11-3-1-4-12-23)34(20-30(29)38)26-16-8-10-18-28(26)36(32(34)40)22-24-13-5-2-6-14-24/h1-18,29-30,37-38H,19-22H2/t29-,30-,33-,34-/m1/s1. The minimum atomic E-state index is -1.38. The van der Waals surface area contributed by atoms with E-state index in [1.807, 2.05) is 109 Å². The first-order chi connectivity index (χ1) is 19.5. The van der Waals surface area contributed by atoms with Crippen LogP contribution in [0.4, 0.5) is 11.4 Å². The number of aliphatic hydroxyl groups excluding tert-OH is 2. The highest BCUT2D eigenvalue weighted by molar-refractivity contribution is 6.19. The number of hydrogen-bond donors (Lipinski definition) is 2. The zero-order chi connectivity index (χ0) is 27.5. The van der Waals surface area contributed by atoms with Crippen LogP contribution in [0.2, 0.25) is 0 Å². The predicted molar refractivity (Wildman–Crippen MR) is 153 cm³/mol. The van der Waals surface area contributed by atoms with Gasteiger partial charge in [-0.1, -0.05) is 97.1 Å². The SMILES string of the molecule is O=C1N(Cc2ccccc2)c2ccccc2[C@]12C[C@@H](O)[C@H](O)C[C@@]21C(=O)N(Cc2ccccc2)c2ccccc21. The average Bonchev–Trinajstić information content (AvgIpc) is 3.35. The molecule has 3 aliphatic rings. The van der Waals surface area contributed by atoms with Crippen LogP contribution in [0.3, 0.4) is 0 Å². The van der Waals surface area contributed by atoms with E-state index in [0.29, 0.717) is 13.1 Å². The van der Waals surface area contributed by atoms with Crippen molar-refractivity contribution in [1.82, 2.24) is 0 Å². The van der Waals surface area contributed by atoms with Crippen molar-refractivity contribution in [1.29, 1.82) is 0 Å². The maximum Gasteiger partial charge on any atom is 0.239 e. The number of aliphatic hydroxyl groups is 2. The van der Waals surface area contributed by atoms with E-state index in [0.717, 1.165) is 33.6 Å². The molecule has 0 aromatic heterocycles. The van der Waals surface area contributed by atoms with Gasteiger partial charge in [-0.25, -0.2) is 0 Å². The zero-order valence-corrected chi connectivity index (χ0v) is 22.0. The Labute approximate surface area is 233 Å². The third-order valence-corrected chi connectivity index (χ3v) is 9.10.